The number of thiophene rings is 1. The summed E-state index contributed by atoms with van der Waals surface area (Å²) in [7, 11) is 2.06. The van der Waals surface area contributed by atoms with Gasteiger partial charge in [-0.1, -0.05) is 0 Å². The van der Waals surface area contributed by atoms with E-state index in [1.807, 2.05) is 0 Å². The Morgan fingerprint density at radius 3 is 2.43 bits per heavy atom. The summed E-state index contributed by atoms with van der Waals surface area (Å²) < 4.78 is 5.09. The van der Waals surface area contributed by atoms with Gasteiger partial charge in [0.1, 0.15) is 10.6 Å². The van der Waals surface area contributed by atoms with Gasteiger partial charge < -0.3 is 20.3 Å². The van der Waals surface area contributed by atoms with Crippen LogP contribution in [0.15, 0.2) is 0 Å². The quantitative estimate of drug-likeness (QED) is 0.670. The van der Waals surface area contributed by atoms with Gasteiger partial charge in [0.2, 0.25) is 0 Å². The minimum absolute atomic E-state index is 0.122. The molecule has 1 aromatic rings. The van der Waals surface area contributed by atoms with Crippen LogP contribution in [0.4, 0.5) is 10.7 Å². The van der Waals surface area contributed by atoms with E-state index in [2.05, 4.69) is 16.8 Å². The fourth-order valence-corrected chi connectivity index (χ4v) is 3.48. The number of ether oxygens (including phenoxy) is 1. The first-order chi connectivity index (χ1) is 9.95. The summed E-state index contributed by atoms with van der Waals surface area (Å²) in [4.78, 5) is 28.7. The minimum atomic E-state index is -0.451. The number of nitrogens with two attached hydrogens (primary N) is 1. The number of nitrogens with zero attached hydrogens (tertiary/aromatic N) is 2. The Hall–Kier alpha value is -1.60. The van der Waals surface area contributed by atoms with Gasteiger partial charge in [0, 0.05) is 33.1 Å². The molecule has 1 aliphatic heterocycles. The van der Waals surface area contributed by atoms with Gasteiger partial charge in [0.25, 0.3) is 0 Å². The van der Waals surface area contributed by atoms with Gasteiger partial charge in [-0.05, 0) is 14.0 Å². The van der Waals surface area contributed by atoms with Gasteiger partial charge in [-0.15, -0.1) is 11.3 Å². The van der Waals surface area contributed by atoms with E-state index in [0.717, 1.165) is 31.2 Å². The Morgan fingerprint density at radius 1 is 1.29 bits per heavy atom. The molecule has 21 heavy (non-hydrogen) atoms. The van der Waals surface area contributed by atoms with Crippen LogP contribution in [0.5, 0.6) is 0 Å². The number of carbonyl (C=O) groups is 2. The van der Waals surface area contributed by atoms with Gasteiger partial charge in [-0.25, -0.2) is 4.79 Å². The first-order valence-corrected chi connectivity index (χ1v) is 7.81. The zero-order valence-corrected chi connectivity index (χ0v) is 13.5. The minimum Gasteiger partial charge on any atom is -0.462 e. The lowest BCUT2D eigenvalue weighted by atomic mass is 10.2. The molecule has 1 aliphatic rings. The molecule has 1 aromatic heterocycles. The molecule has 1 fully saturated rings. The lowest BCUT2D eigenvalue weighted by molar-refractivity contribution is 0.0528. The maximum absolute atomic E-state index is 12.2. The monoisotopic (exact) mass is 311 g/mol. The molecule has 0 spiro atoms. The van der Waals surface area contributed by atoms with Gasteiger partial charge in [0.15, 0.2) is 5.78 Å². The molecule has 2 rings (SSSR count). The highest BCUT2D eigenvalue weighted by atomic mass is 32.1. The van der Waals surface area contributed by atoms with Crippen LogP contribution in [-0.4, -0.2) is 56.5 Å². The van der Waals surface area contributed by atoms with Crippen molar-refractivity contribution in [2.75, 3.05) is 50.5 Å². The predicted molar refractivity (Wildman–Crippen MR) is 84.4 cm³/mol. The SMILES string of the molecule is CCOC(=O)c1c(N2CCN(C)CC2)sc(C(C)=O)c1N. The molecule has 0 atom stereocenters. The Bertz CT molecular complexity index is 548. The predicted octanol–water partition coefficient (Wildman–Crippen LogP) is 1.46. The molecule has 0 saturated carbocycles. The lowest BCUT2D eigenvalue weighted by Gasteiger charge is -2.33. The fourth-order valence-electron chi connectivity index (χ4n) is 2.33. The van der Waals surface area contributed by atoms with Crippen LogP contribution >= 0.6 is 11.3 Å². The van der Waals surface area contributed by atoms with Crippen LogP contribution in [0.25, 0.3) is 0 Å². The summed E-state index contributed by atoms with van der Waals surface area (Å²) in [6, 6.07) is 0. The van der Waals surface area contributed by atoms with E-state index in [1.165, 1.54) is 18.3 Å². The largest absolute Gasteiger partial charge is 0.462 e. The summed E-state index contributed by atoms with van der Waals surface area (Å²) in [5.41, 5.74) is 6.62. The zero-order valence-electron chi connectivity index (χ0n) is 12.6. The van der Waals surface area contributed by atoms with Crippen molar-refractivity contribution in [3.63, 3.8) is 0 Å². The van der Waals surface area contributed by atoms with Crippen LogP contribution in [0, 0.1) is 0 Å². The third-order valence-corrected chi connectivity index (χ3v) is 4.88. The van der Waals surface area contributed by atoms with Gasteiger partial charge >= 0.3 is 5.97 Å². The Morgan fingerprint density at radius 2 is 1.90 bits per heavy atom. The van der Waals surface area contributed by atoms with Crippen molar-refractivity contribution >= 4 is 33.8 Å². The first-order valence-electron chi connectivity index (χ1n) is 6.99. The average Bonchev–Trinajstić information content (AvgIpc) is 2.77. The maximum atomic E-state index is 12.2. The van der Waals surface area contributed by atoms with Crippen LogP contribution in [-0.2, 0) is 4.74 Å². The maximum Gasteiger partial charge on any atom is 0.343 e. The number of ketones is 1. The van der Waals surface area contributed by atoms with E-state index in [1.54, 1.807) is 6.92 Å². The van der Waals surface area contributed by atoms with Crippen LogP contribution in [0.3, 0.4) is 0 Å². The molecule has 2 heterocycles. The molecule has 0 aromatic carbocycles. The standard InChI is InChI=1S/C14H21N3O3S/c1-4-20-14(19)10-11(15)12(9(2)18)21-13(10)17-7-5-16(3)6-8-17/h4-8,15H2,1-3H3. The number of anilines is 2. The number of rotatable bonds is 4. The summed E-state index contributed by atoms with van der Waals surface area (Å²) in [5, 5.41) is 0.754. The lowest BCUT2D eigenvalue weighted by Crippen LogP contribution is -2.44. The van der Waals surface area contributed by atoms with E-state index >= 15 is 0 Å². The fraction of sp³-hybridized carbons (Fsp3) is 0.571. The Kier molecular flexibility index (Phi) is 4.84. The third kappa shape index (κ3) is 3.19. The van der Waals surface area contributed by atoms with Crippen molar-refractivity contribution in [2.24, 2.45) is 0 Å². The molecule has 2 N–H and O–H groups in total. The normalized spacial score (nSPS) is 16.0. The number of nitrogen functional groups attached to an aromatic ring is 1. The molecule has 6 nitrogen and oxygen atoms in total. The molecule has 0 radical (unpaired) electrons. The van der Waals surface area contributed by atoms with Gasteiger partial charge in [-0.3, -0.25) is 4.79 Å². The number of piperazine rings is 1. The topological polar surface area (TPSA) is 75.9 Å². The number of hydrogen-bond donors (Lipinski definition) is 1. The van der Waals surface area contributed by atoms with Crippen molar-refractivity contribution in [1.29, 1.82) is 0 Å². The highest BCUT2D eigenvalue weighted by Crippen LogP contribution is 2.39. The second-order valence-electron chi connectivity index (χ2n) is 5.09. The van der Waals surface area contributed by atoms with E-state index in [0.29, 0.717) is 10.4 Å². The smallest absolute Gasteiger partial charge is 0.343 e. The molecule has 0 bridgehead atoms. The number of likely N-dealkylation sites (N-methyl/N-ethyl adjacent to an activating group) is 1. The highest BCUT2D eigenvalue weighted by Gasteiger charge is 2.29. The van der Waals surface area contributed by atoms with Crippen molar-refractivity contribution in [2.45, 2.75) is 13.8 Å². The van der Waals surface area contributed by atoms with Gasteiger partial charge in [-0.2, -0.15) is 0 Å². The second-order valence-corrected chi connectivity index (χ2v) is 6.09. The molecule has 116 valence electrons. The van der Waals surface area contributed by atoms with Crippen molar-refractivity contribution in [1.82, 2.24) is 4.90 Å². The van der Waals surface area contributed by atoms with E-state index in [4.69, 9.17) is 10.5 Å². The third-order valence-electron chi connectivity index (χ3n) is 3.52. The van der Waals surface area contributed by atoms with E-state index in [-0.39, 0.29) is 18.1 Å². The summed E-state index contributed by atoms with van der Waals surface area (Å²) in [6.07, 6.45) is 0. The molecule has 0 amide bonds. The zero-order chi connectivity index (χ0) is 15.6. The van der Waals surface area contributed by atoms with Crippen molar-refractivity contribution in [3.8, 4) is 0 Å². The molecular weight excluding hydrogens is 290 g/mol. The summed E-state index contributed by atoms with van der Waals surface area (Å²) >= 11 is 1.29. The summed E-state index contributed by atoms with van der Waals surface area (Å²) in [5.74, 6) is -0.573. The molecule has 0 aliphatic carbocycles. The van der Waals surface area contributed by atoms with Crippen molar-refractivity contribution < 1.29 is 14.3 Å². The second kappa shape index (κ2) is 6.44. The van der Waals surface area contributed by atoms with Gasteiger partial charge in [0.05, 0.1) is 17.2 Å². The highest BCUT2D eigenvalue weighted by molar-refractivity contribution is 7.19. The van der Waals surface area contributed by atoms with Crippen molar-refractivity contribution in [3.05, 3.63) is 10.4 Å². The van der Waals surface area contributed by atoms with Crippen LogP contribution in [0.2, 0.25) is 0 Å². The van der Waals surface area contributed by atoms with E-state index < -0.39 is 5.97 Å². The Balaban J connectivity index is 2.40. The van der Waals surface area contributed by atoms with E-state index in [9.17, 15) is 9.59 Å². The first kappa shape index (κ1) is 15.8. The number of hydrogen-bond acceptors (Lipinski definition) is 7. The summed E-state index contributed by atoms with van der Waals surface area (Å²) in [6.45, 7) is 6.93. The number of carbonyl (C=O) groups excluding carboxylic acids is 2. The molecule has 1 saturated heterocycles. The molecular formula is C14H21N3O3S. The van der Waals surface area contributed by atoms with Crippen LogP contribution < -0.4 is 10.6 Å². The number of esters is 1. The number of Topliss-reactive ketones (excluding diaryl/α,β-unsaturated/α-hetero) is 1. The molecule has 0 unspecified atom stereocenters. The van der Waals surface area contributed by atoms with Crippen LogP contribution in [0.1, 0.15) is 33.9 Å². The average molecular weight is 311 g/mol. The molecule has 7 heteroatoms. The Labute approximate surface area is 128 Å².